The van der Waals surface area contributed by atoms with E-state index in [0.29, 0.717) is 12.2 Å². The third kappa shape index (κ3) is 5.69. The monoisotopic (exact) mass is 290 g/mol. The lowest BCUT2D eigenvalue weighted by molar-refractivity contribution is -0.139. The fourth-order valence-corrected chi connectivity index (χ4v) is 2.46. The van der Waals surface area contributed by atoms with Crippen molar-refractivity contribution in [2.45, 2.75) is 44.4 Å². The van der Waals surface area contributed by atoms with Crippen LogP contribution in [-0.2, 0) is 9.53 Å². The maximum atomic E-state index is 11.7. The summed E-state index contributed by atoms with van der Waals surface area (Å²) >= 11 is 1.55. The first-order chi connectivity index (χ1) is 9.04. The molecule has 110 valence electrons. The van der Waals surface area contributed by atoms with Crippen LogP contribution >= 0.6 is 11.8 Å². The summed E-state index contributed by atoms with van der Waals surface area (Å²) < 4.78 is 5.47. The zero-order valence-electron chi connectivity index (χ0n) is 11.3. The molecular weight excluding hydrogens is 268 g/mol. The van der Waals surface area contributed by atoms with Crippen molar-refractivity contribution in [2.24, 2.45) is 0 Å². The van der Waals surface area contributed by atoms with Crippen molar-refractivity contribution in [3.63, 3.8) is 0 Å². The number of ether oxygens (including phenoxy) is 1. The summed E-state index contributed by atoms with van der Waals surface area (Å²) in [5, 5.41) is 14.2. The average Bonchev–Trinajstić information content (AvgIpc) is 2.87. The molecule has 2 unspecified atom stereocenters. The van der Waals surface area contributed by atoms with Gasteiger partial charge in [0.05, 0.1) is 12.1 Å². The zero-order chi connectivity index (χ0) is 14.3. The Kier molecular flexibility index (Phi) is 7.01. The van der Waals surface area contributed by atoms with E-state index in [1.165, 1.54) is 0 Å². The predicted molar refractivity (Wildman–Crippen MR) is 74.5 cm³/mol. The molecular formula is C12H22N2O4S. The molecule has 1 aliphatic rings. The number of nitrogens with one attached hydrogen (secondary N) is 2. The maximum Gasteiger partial charge on any atom is 0.326 e. The van der Waals surface area contributed by atoms with E-state index in [0.717, 1.165) is 19.4 Å². The summed E-state index contributed by atoms with van der Waals surface area (Å²) in [6, 6.07) is -1.40. The van der Waals surface area contributed by atoms with Gasteiger partial charge in [-0.15, -0.1) is 0 Å². The number of urea groups is 1. The largest absolute Gasteiger partial charge is 0.480 e. The number of carboxylic acid groups (broad SMARTS) is 1. The number of thioether (sulfide) groups is 1. The quantitative estimate of drug-likeness (QED) is 0.652. The van der Waals surface area contributed by atoms with E-state index < -0.39 is 18.0 Å². The van der Waals surface area contributed by atoms with Crippen LogP contribution in [0, 0.1) is 0 Å². The second-order valence-corrected chi connectivity index (χ2v) is 5.62. The number of aliphatic carboxylic acids is 1. The minimum atomic E-state index is -1.01. The van der Waals surface area contributed by atoms with Crippen LogP contribution in [0.2, 0.25) is 0 Å². The van der Waals surface area contributed by atoms with Crippen LogP contribution in [0.1, 0.15) is 26.2 Å². The summed E-state index contributed by atoms with van der Waals surface area (Å²) in [7, 11) is 0. The molecule has 0 aromatic rings. The lowest BCUT2D eigenvalue weighted by Crippen LogP contribution is -2.51. The summed E-state index contributed by atoms with van der Waals surface area (Å²) in [6.07, 6.45) is 4.27. The Morgan fingerprint density at radius 1 is 1.47 bits per heavy atom. The van der Waals surface area contributed by atoms with Crippen molar-refractivity contribution < 1.29 is 19.4 Å². The molecule has 3 atom stereocenters. The average molecular weight is 290 g/mol. The van der Waals surface area contributed by atoms with Crippen LogP contribution in [0.3, 0.4) is 0 Å². The van der Waals surface area contributed by atoms with E-state index in [1.54, 1.807) is 11.8 Å². The van der Waals surface area contributed by atoms with Gasteiger partial charge in [0.1, 0.15) is 6.04 Å². The highest BCUT2D eigenvalue weighted by Gasteiger charge is 2.25. The Hall–Kier alpha value is -0.950. The molecule has 0 aromatic heterocycles. The van der Waals surface area contributed by atoms with E-state index >= 15 is 0 Å². The van der Waals surface area contributed by atoms with E-state index in [-0.39, 0.29) is 12.1 Å². The topological polar surface area (TPSA) is 87.7 Å². The van der Waals surface area contributed by atoms with Gasteiger partial charge in [-0.25, -0.2) is 9.59 Å². The van der Waals surface area contributed by atoms with Crippen molar-refractivity contribution >= 4 is 23.8 Å². The summed E-state index contributed by atoms with van der Waals surface area (Å²) in [4.78, 5) is 22.7. The fraction of sp³-hybridized carbons (Fsp3) is 0.833. The van der Waals surface area contributed by atoms with Crippen molar-refractivity contribution in [3.8, 4) is 0 Å². The Morgan fingerprint density at radius 2 is 2.21 bits per heavy atom. The maximum absolute atomic E-state index is 11.7. The number of rotatable bonds is 7. The highest BCUT2D eigenvalue weighted by atomic mass is 32.2. The Bertz CT molecular complexity index is 308. The normalized spacial score (nSPS) is 21.7. The van der Waals surface area contributed by atoms with Gasteiger partial charge in [0.25, 0.3) is 0 Å². The first-order valence-corrected chi connectivity index (χ1v) is 7.84. The molecule has 19 heavy (non-hydrogen) atoms. The Labute approximate surface area is 117 Å². The standard InChI is InChI=1S/C12H22N2O4S/c1-8(10-4-3-6-18-10)13-12(17)14-9(11(15)16)5-7-19-2/h8-10H,3-7H2,1-2H3,(H,15,16)(H2,13,14,17)/t8?,9-,10?/m0/s1. The molecule has 0 spiro atoms. The van der Waals surface area contributed by atoms with Gasteiger partial charge < -0.3 is 20.5 Å². The molecule has 0 radical (unpaired) electrons. The van der Waals surface area contributed by atoms with E-state index in [2.05, 4.69) is 10.6 Å². The molecule has 0 saturated carbocycles. The Balaban J connectivity index is 2.36. The number of hydrogen-bond donors (Lipinski definition) is 3. The summed E-state index contributed by atoms with van der Waals surface area (Å²) in [6.45, 7) is 2.59. The second-order valence-electron chi connectivity index (χ2n) is 4.63. The van der Waals surface area contributed by atoms with Crippen molar-refractivity contribution in [1.29, 1.82) is 0 Å². The van der Waals surface area contributed by atoms with Gasteiger partial charge in [-0.2, -0.15) is 11.8 Å². The third-order valence-corrected chi connectivity index (χ3v) is 3.74. The van der Waals surface area contributed by atoms with Gasteiger partial charge in [-0.05, 0) is 38.2 Å². The van der Waals surface area contributed by atoms with Gasteiger partial charge >= 0.3 is 12.0 Å². The first kappa shape index (κ1) is 16.1. The zero-order valence-corrected chi connectivity index (χ0v) is 12.2. The van der Waals surface area contributed by atoms with Gasteiger partial charge in [-0.1, -0.05) is 0 Å². The number of carbonyl (C=O) groups excluding carboxylic acids is 1. The van der Waals surface area contributed by atoms with Crippen molar-refractivity contribution in [2.75, 3.05) is 18.6 Å². The highest BCUT2D eigenvalue weighted by molar-refractivity contribution is 7.98. The van der Waals surface area contributed by atoms with Crippen LogP contribution in [0.4, 0.5) is 4.79 Å². The lowest BCUT2D eigenvalue weighted by Gasteiger charge is -2.22. The molecule has 1 rings (SSSR count). The number of carbonyl (C=O) groups is 2. The number of carboxylic acids is 1. The second kappa shape index (κ2) is 8.27. The minimum Gasteiger partial charge on any atom is -0.480 e. The molecule has 3 N–H and O–H groups in total. The fourth-order valence-electron chi connectivity index (χ4n) is 1.99. The Morgan fingerprint density at radius 3 is 2.74 bits per heavy atom. The molecule has 0 bridgehead atoms. The van der Waals surface area contributed by atoms with E-state index in [9.17, 15) is 9.59 Å². The first-order valence-electron chi connectivity index (χ1n) is 6.45. The van der Waals surface area contributed by atoms with Gasteiger partial charge in [-0.3, -0.25) is 0 Å². The van der Waals surface area contributed by atoms with E-state index in [1.807, 2.05) is 13.2 Å². The van der Waals surface area contributed by atoms with Gasteiger partial charge in [0.15, 0.2) is 0 Å². The molecule has 2 amide bonds. The van der Waals surface area contributed by atoms with Crippen molar-refractivity contribution in [3.05, 3.63) is 0 Å². The third-order valence-electron chi connectivity index (χ3n) is 3.10. The summed E-state index contributed by atoms with van der Waals surface area (Å²) in [5.74, 6) is -0.313. The van der Waals surface area contributed by atoms with Crippen LogP contribution in [0.15, 0.2) is 0 Å². The number of amides is 2. The smallest absolute Gasteiger partial charge is 0.326 e. The summed E-state index contributed by atoms with van der Waals surface area (Å²) in [5.41, 5.74) is 0. The SMILES string of the molecule is CSCC[C@H](NC(=O)NC(C)C1CCCO1)C(=O)O. The van der Waals surface area contributed by atoms with Gasteiger partial charge in [0.2, 0.25) is 0 Å². The van der Waals surface area contributed by atoms with Crippen molar-refractivity contribution in [1.82, 2.24) is 10.6 Å². The molecule has 1 heterocycles. The molecule has 0 aromatic carbocycles. The van der Waals surface area contributed by atoms with Crippen LogP contribution in [0.25, 0.3) is 0 Å². The minimum absolute atomic E-state index is 0.0280. The van der Waals surface area contributed by atoms with Crippen LogP contribution in [-0.4, -0.2) is 53.9 Å². The molecule has 0 aliphatic carbocycles. The number of hydrogen-bond acceptors (Lipinski definition) is 4. The van der Waals surface area contributed by atoms with Crippen LogP contribution < -0.4 is 10.6 Å². The van der Waals surface area contributed by atoms with Crippen LogP contribution in [0.5, 0.6) is 0 Å². The van der Waals surface area contributed by atoms with E-state index in [4.69, 9.17) is 9.84 Å². The molecule has 1 saturated heterocycles. The molecule has 6 nitrogen and oxygen atoms in total. The molecule has 1 fully saturated rings. The van der Waals surface area contributed by atoms with Gasteiger partial charge in [0, 0.05) is 6.61 Å². The molecule has 7 heteroatoms. The highest BCUT2D eigenvalue weighted by Crippen LogP contribution is 2.15. The molecule has 1 aliphatic heterocycles. The lowest BCUT2D eigenvalue weighted by atomic mass is 10.1. The predicted octanol–water partition coefficient (Wildman–Crippen LogP) is 1.06.